The van der Waals surface area contributed by atoms with Gasteiger partial charge in [-0.2, -0.15) is 0 Å². The van der Waals surface area contributed by atoms with E-state index in [4.69, 9.17) is 0 Å². The molecule has 0 aliphatic heterocycles. The average Bonchev–Trinajstić information content (AvgIpc) is 2.93. The Balaban J connectivity index is 1.15. The van der Waals surface area contributed by atoms with Crippen molar-refractivity contribution in [1.29, 1.82) is 0 Å². The van der Waals surface area contributed by atoms with Crippen LogP contribution in [0.2, 0.25) is 0 Å². The Bertz CT molecular complexity index is 1440. The Morgan fingerprint density at radius 1 is 0.447 bits per heavy atom. The molecule has 0 radical (unpaired) electrons. The van der Waals surface area contributed by atoms with Crippen LogP contribution < -0.4 is 10.6 Å². The van der Waals surface area contributed by atoms with Gasteiger partial charge in [-0.05, 0) is 108 Å². The van der Waals surface area contributed by atoms with E-state index in [9.17, 15) is 10.2 Å². The largest absolute Gasteiger partial charge is 0.508 e. The van der Waals surface area contributed by atoms with Crippen LogP contribution in [0.25, 0.3) is 0 Å². The van der Waals surface area contributed by atoms with Gasteiger partial charge >= 0.3 is 0 Å². The highest BCUT2D eigenvalue weighted by molar-refractivity contribution is 5.83. The summed E-state index contributed by atoms with van der Waals surface area (Å²) in [6, 6.07) is 37.7. The third kappa shape index (κ3) is 6.86. The third-order valence-electron chi connectivity index (χ3n) is 5.66. The van der Waals surface area contributed by atoms with Gasteiger partial charge in [0.15, 0.2) is 0 Å². The minimum absolute atomic E-state index is 0.222. The van der Waals surface area contributed by atoms with E-state index in [1.54, 1.807) is 48.8 Å². The van der Waals surface area contributed by atoms with Gasteiger partial charge in [-0.15, -0.1) is 0 Å². The standard InChI is InChI=1S/C32H26N4O2/c37-31-5-1-3-23(19-31)21-33-25-7-11-27(12-8-25)35-29-15-17-30(18-16-29)36-28-13-9-26(10-14-28)34-22-24-4-2-6-32(38)20-24/h1-22,35-38H. The highest BCUT2D eigenvalue weighted by atomic mass is 16.3. The van der Waals surface area contributed by atoms with Gasteiger partial charge in [0.25, 0.3) is 0 Å². The predicted molar refractivity (Wildman–Crippen MR) is 157 cm³/mol. The van der Waals surface area contributed by atoms with Crippen LogP contribution in [-0.4, -0.2) is 22.6 Å². The second-order valence-corrected chi connectivity index (χ2v) is 8.63. The molecule has 0 saturated carbocycles. The molecule has 0 fully saturated rings. The maximum atomic E-state index is 9.56. The van der Waals surface area contributed by atoms with E-state index in [0.717, 1.165) is 45.3 Å². The van der Waals surface area contributed by atoms with Crippen molar-refractivity contribution in [3.63, 3.8) is 0 Å². The van der Waals surface area contributed by atoms with Gasteiger partial charge in [0, 0.05) is 35.2 Å². The van der Waals surface area contributed by atoms with Crippen LogP contribution in [-0.2, 0) is 0 Å². The molecular weight excluding hydrogens is 472 g/mol. The molecule has 5 aromatic carbocycles. The third-order valence-corrected chi connectivity index (χ3v) is 5.66. The summed E-state index contributed by atoms with van der Waals surface area (Å²) in [7, 11) is 0. The molecule has 0 aromatic heterocycles. The van der Waals surface area contributed by atoms with Crippen molar-refractivity contribution in [2.24, 2.45) is 9.98 Å². The fraction of sp³-hybridized carbons (Fsp3) is 0. The number of aromatic hydroxyl groups is 2. The Hall–Kier alpha value is -5.36. The number of phenols is 2. The summed E-state index contributed by atoms with van der Waals surface area (Å²) >= 11 is 0. The van der Waals surface area contributed by atoms with Crippen molar-refractivity contribution in [2.45, 2.75) is 0 Å². The number of benzene rings is 5. The first kappa shape index (κ1) is 24.3. The lowest BCUT2D eigenvalue weighted by atomic mass is 10.2. The summed E-state index contributed by atoms with van der Waals surface area (Å²) < 4.78 is 0. The summed E-state index contributed by atoms with van der Waals surface area (Å²) in [6.45, 7) is 0. The SMILES string of the molecule is Oc1cccc(C=Nc2ccc(Nc3ccc(Nc4ccc(N=Cc5cccc(O)c5)cc4)cc3)cc2)c1. The van der Waals surface area contributed by atoms with Gasteiger partial charge in [0.2, 0.25) is 0 Å². The van der Waals surface area contributed by atoms with E-state index < -0.39 is 0 Å². The number of hydrogen-bond donors (Lipinski definition) is 4. The fourth-order valence-corrected chi connectivity index (χ4v) is 3.74. The quantitative estimate of drug-likeness (QED) is 0.163. The number of anilines is 4. The second-order valence-electron chi connectivity index (χ2n) is 8.63. The van der Waals surface area contributed by atoms with Gasteiger partial charge in [0.1, 0.15) is 11.5 Å². The lowest BCUT2D eigenvalue weighted by molar-refractivity contribution is 0.474. The lowest BCUT2D eigenvalue weighted by Gasteiger charge is -2.10. The van der Waals surface area contributed by atoms with Crippen LogP contribution in [0.15, 0.2) is 131 Å². The van der Waals surface area contributed by atoms with Crippen LogP contribution in [0, 0.1) is 0 Å². The minimum Gasteiger partial charge on any atom is -0.508 e. The van der Waals surface area contributed by atoms with E-state index >= 15 is 0 Å². The topological polar surface area (TPSA) is 89.2 Å². The first-order chi connectivity index (χ1) is 18.6. The molecule has 0 atom stereocenters. The van der Waals surface area contributed by atoms with Gasteiger partial charge < -0.3 is 20.8 Å². The Labute approximate surface area is 221 Å². The molecule has 0 heterocycles. The molecule has 0 aliphatic rings. The van der Waals surface area contributed by atoms with E-state index in [0.29, 0.717) is 0 Å². The number of hydrogen-bond acceptors (Lipinski definition) is 6. The molecule has 38 heavy (non-hydrogen) atoms. The monoisotopic (exact) mass is 498 g/mol. The summed E-state index contributed by atoms with van der Waals surface area (Å²) in [6.07, 6.45) is 3.46. The average molecular weight is 499 g/mol. The van der Waals surface area contributed by atoms with Crippen molar-refractivity contribution >= 4 is 46.6 Å². The zero-order valence-electron chi connectivity index (χ0n) is 20.5. The Morgan fingerprint density at radius 3 is 1.13 bits per heavy atom. The van der Waals surface area contributed by atoms with Crippen molar-refractivity contribution in [3.05, 3.63) is 132 Å². The molecular formula is C32H26N4O2. The van der Waals surface area contributed by atoms with Gasteiger partial charge in [-0.1, -0.05) is 24.3 Å². The molecule has 186 valence electrons. The van der Waals surface area contributed by atoms with Crippen molar-refractivity contribution in [3.8, 4) is 11.5 Å². The molecule has 0 aliphatic carbocycles. The molecule has 0 spiro atoms. The maximum absolute atomic E-state index is 9.56. The van der Waals surface area contributed by atoms with Crippen LogP contribution in [0.4, 0.5) is 34.1 Å². The van der Waals surface area contributed by atoms with Crippen molar-refractivity contribution in [2.75, 3.05) is 10.6 Å². The van der Waals surface area contributed by atoms with Gasteiger partial charge in [-0.3, -0.25) is 9.98 Å². The van der Waals surface area contributed by atoms with E-state index in [1.165, 1.54) is 0 Å². The number of nitrogens with zero attached hydrogens (tertiary/aromatic N) is 2. The highest BCUT2D eigenvalue weighted by Crippen LogP contribution is 2.25. The molecule has 0 unspecified atom stereocenters. The van der Waals surface area contributed by atoms with E-state index in [1.807, 2.05) is 84.9 Å². The van der Waals surface area contributed by atoms with Crippen molar-refractivity contribution in [1.82, 2.24) is 0 Å². The van der Waals surface area contributed by atoms with Gasteiger partial charge in [0.05, 0.1) is 11.4 Å². The molecule has 0 amide bonds. The van der Waals surface area contributed by atoms with Crippen LogP contribution in [0.5, 0.6) is 11.5 Å². The van der Waals surface area contributed by atoms with Crippen LogP contribution in [0.1, 0.15) is 11.1 Å². The van der Waals surface area contributed by atoms with Crippen LogP contribution >= 0.6 is 0 Å². The van der Waals surface area contributed by atoms with Crippen molar-refractivity contribution < 1.29 is 10.2 Å². The number of aliphatic imine (C=N–C) groups is 2. The first-order valence-electron chi connectivity index (χ1n) is 12.1. The molecule has 5 aromatic rings. The highest BCUT2D eigenvalue weighted by Gasteiger charge is 1.99. The summed E-state index contributed by atoms with van der Waals surface area (Å²) in [4.78, 5) is 8.92. The number of nitrogens with one attached hydrogen (secondary N) is 2. The molecule has 0 saturated heterocycles. The number of phenolic OH excluding ortho intramolecular Hbond substituents is 2. The Kier molecular flexibility index (Phi) is 7.42. The molecule has 0 bridgehead atoms. The second kappa shape index (κ2) is 11.6. The fourth-order valence-electron chi connectivity index (χ4n) is 3.74. The van der Waals surface area contributed by atoms with Crippen LogP contribution in [0.3, 0.4) is 0 Å². The smallest absolute Gasteiger partial charge is 0.116 e. The summed E-state index contributed by atoms with van der Waals surface area (Å²) in [5.41, 5.74) is 7.22. The Morgan fingerprint density at radius 2 is 0.789 bits per heavy atom. The molecule has 4 N–H and O–H groups in total. The molecule has 6 heteroatoms. The summed E-state index contributed by atoms with van der Waals surface area (Å²) in [5.74, 6) is 0.444. The predicted octanol–water partition coefficient (Wildman–Crippen LogP) is 8.09. The minimum atomic E-state index is 0.222. The first-order valence-corrected chi connectivity index (χ1v) is 12.1. The van der Waals surface area contributed by atoms with E-state index in [-0.39, 0.29) is 11.5 Å². The van der Waals surface area contributed by atoms with Gasteiger partial charge in [-0.25, -0.2) is 0 Å². The maximum Gasteiger partial charge on any atom is 0.116 e. The number of rotatable bonds is 8. The molecule has 5 rings (SSSR count). The summed E-state index contributed by atoms with van der Waals surface area (Å²) in [5, 5.41) is 25.9. The normalized spacial score (nSPS) is 11.2. The molecule has 6 nitrogen and oxygen atoms in total. The lowest BCUT2D eigenvalue weighted by Crippen LogP contribution is -1.92. The zero-order valence-corrected chi connectivity index (χ0v) is 20.5. The zero-order chi connectivity index (χ0) is 26.2. The van der Waals surface area contributed by atoms with E-state index in [2.05, 4.69) is 20.6 Å².